The highest BCUT2D eigenvalue weighted by molar-refractivity contribution is 5.73. The third-order valence-electron chi connectivity index (χ3n) is 7.27. The summed E-state index contributed by atoms with van der Waals surface area (Å²) in [4.78, 5) is 62.3. The van der Waals surface area contributed by atoms with Crippen molar-refractivity contribution in [2.24, 2.45) is 17.8 Å². The maximum atomic E-state index is 12.8. The van der Waals surface area contributed by atoms with Crippen LogP contribution in [0.25, 0.3) is 0 Å². The summed E-state index contributed by atoms with van der Waals surface area (Å²) in [5, 5.41) is 22.4. The maximum absolute atomic E-state index is 12.8. The predicted molar refractivity (Wildman–Crippen MR) is 156 cm³/mol. The van der Waals surface area contributed by atoms with Crippen molar-refractivity contribution >= 4 is 29.8 Å². The number of rotatable bonds is 14. The summed E-state index contributed by atoms with van der Waals surface area (Å²) < 4.78 is 45.1. The lowest BCUT2D eigenvalue weighted by atomic mass is 9.96. The number of aliphatic hydroxyl groups is 2. The Kier molecular flexibility index (Phi) is 15.3. The first-order valence-electron chi connectivity index (χ1n) is 15.7. The Labute approximate surface area is 269 Å². The van der Waals surface area contributed by atoms with Crippen molar-refractivity contribution in [1.29, 1.82) is 0 Å². The predicted octanol–water partition coefficient (Wildman–Crippen LogP) is 1.56. The summed E-state index contributed by atoms with van der Waals surface area (Å²) >= 11 is 0. The van der Waals surface area contributed by atoms with Crippen LogP contribution in [0.4, 0.5) is 0 Å². The lowest BCUT2D eigenvalue weighted by Gasteiger charge is -2.47. The van der Waals surface area contributed by atoms with E-state index in [1.807, 2.05) is 6.92 Å². The molecule has 0 amide bonds. The van der Waals surface area contributed by atoms with E-state index in [0.717, 1.165) is 6.92 Å². The average molecular weight is 663 g/mol. The molecule has 264 valence electrons. The number of hydrogen-bond acceptors (Lipinski definition) is 15. The van der Waals surface area contributed by atoms with E-state index in [4.69, 9.17) is 37.9 Å². The zero-order valence-electron chi connectivity index (χ0n) is 28.0. The minimum absolute atomic E-state index is 0.000306. The van der Waals surface area contributed by atoms with E-state index in [9.17, 15) is 34.2 Å². The number of hydrogen-bond donors (Lipinski definition) is 2. The average Bonchev–Trinajstić information content (AvgIpc) is 2.97. The van der Waals surface area contributed by atoms with Crippen LogP contribution in [0.1, 0.15) is 81.6 Å². The molecular weight excluding hydrogens is 612 g/mol. The number of carbonyl (C=O) groups is 5. The van der Waals surface area contributed by atoms with E-state index in [1.54, 1.807) is 41.5 Å². The first-order valence-corrected chi connectivity index (χ1v) is 15.7. The van der Waals surface area contributed by atoms with Crippen LogP contribution in [0.15, 0.2) is 0 Å². The summed E-state index contributed by atoms with van der Waals surface area (Å²) in [5.41, 5.74) is 0. The molecule has 2 fully saturated rings. The first-order chi connectivity index (χ1) is 21.5. The minimum atomic E-state index is -1.88. The van der Waals surface area contributed by atoms with Gasteiger partial charge in [0.25, 0.3) is 0 Å². The van der Waals surface area contributed by atoms with Gasteiger partial charge in [0.1, 0.15) is 24.9 Å². The van der Waals surface area contributed by atoms with Gasteiger partial charge in [0.2, 0.25) is 0 Å². The van der Waals surface area contributed by atoms with Crippen LogP contribution in [-0.2, 0) is 61.9 Å². The van der Waals surface area contributed by atoms with Gasteiger partial charge in [0, 0.05) is 13.3 Å². The van der Waals surface area contributed by atoms with Crippen LogP contribution in [0.3, 0.4) is 0 Å². The molecule has 2 aliphatic heterocycles. The van der Waals surface area contributed by atoms with E-state index < -0.39 is 116 Å². The van der Waals surface area contributed by atoms with Crippen LogP contribution in [0, 0.1) is 17.8 Å². The van der Waals surface area contributed by atoms with Crippen molar-refractivity contribution in [1.82, 2.24) is 0 Å². The summed E-state index contributed by atoms with van der Waals surface area (Å²) in [6.07, 6.45) is -13.7. The van der Waals surface area contributed by atoms with Crippen LogP contribution in [-0.4, -0.2) is 108 Å². The minimum Gasteiger partial charge on any atom is -0.463 e. The molecule has 0 aromatic heterocycles. The molecule has 0 aromatic carbocycles. The summed E-state index contributed by atoms with van der Waals surface area (Å²) in [5.74, 6) is -5.03. The van der Waals surface area contributed by atoms with Crippen LogP contribution in [0.2, 0.25) is 0 Å². The molecule has 15 heteroatoms. The van der Waals surface area contributed by atoms with Crippen LogP contribution in [0.5, 0.6) is 0 Å². The molecule has 0 saturated carbocycles. The normalized spacial score (nSPS) is 31.3. The zero-order chi connectivity index (χ0) is 34.9. The van der Waals surface area contributed by atoms with Crippen molar-refractivity contribution in [3.63, 3.8) is 0 Å². The second-order valence-electron chi connectivity index (χ2n) is 12.4. The second kappa shape index (κ2) is 17.9. The van der Waals surface area contributed by atoms with Gasteiger partial charge in [-0.3, -0.25) is 24.0 Å². The van der Waals surface area contributed by atoms with Gasteiger partial charge in [-0.15, -0.1) is 0 Å². The second-order valence-corrected chi connectivity index (χ2v) is 12.4. The number of unbranched alkanes of at least 4 members (excludes halogenated alkanes) is 1. The van der Waals surface area contributed by atoms with Crippen molar-refractivity contribution < 1.29 is 72.1 Å². The zero-order valence-corrected chi connectivity index (χ0v) is 28.0. The summed E-state index contributed by atoms with van der Waals surface area (Å²) in [6.45, 7) is 13.6. The molecular formula is C31H50O15. The standard InChI is InChI=1S/C31H50O15/c1-10-11-12-20(33)43-26-25(41-18(9)32)22(44-28(36)15(4)5)17(8)40-31(26)46-24-21(34)23(45-29(37)16(6)7)19(42-30(24)38)13-39-27(35)14(2)3/h14-17,19,21-26,30-31,34,38H,10-13H2,1-9H3/t17-,19+,21+,22+,23+,24-,25-,26-,30+,31-/m1/s1. The van der Waals surface area contributed by atoms with Gasteiger partial charge in [0.05, 0.1) is 23.9 Å². The number of esters is 5. The van der Waals surface area contributed by atoms with Gasteiger partial charge in [-0.1, -0.05) is 54.9 Å². The van der Waals surface area contributed by atoms with Gasteiger partial charge in [-0.2, -0.15) is 0 Å². The Morgan fingerprint density at radius 2 is 1.28 bits per heavy atom. The van der Waals surface area contributed by atoms with Gasteiger partial charge >= 0.3 is 29.8 Å². The fourth-order valence-corrected chi connectivity index (χ4v) is 4.59. The SMILES string of the molecule is CCCCC(=O)O[C@H]1[C@@H](O[C@@H]2[C@@H](O)[C@@H](OC(=O)C(C)C)[C@H](COC(=O)C(C)C)O[C@@H]2O)O[C@H](C)[C@H](OC(=O)C(C)C)[C@H]1OC(C)=O. The van der Waals surface area contributed by atoms with Crippen LogP contribution >= 0.6 is 0 Å². The maximum Gasteiger partial charge on any atom is 0.308 e. The molecule has 10 atom stereocenters. The van der Waals surface area contributed by atoms with Crippen molar-refractivity contribution in [2.75, 3.05) is 6.61 Å². The van der Waals surface area contributed by atoms with Crippen molar-refractivity contribution in [2.45, 2.75) is 143 Å². The van der Waals surface area contributed by atoms with E-state index in [1.165, 1.54) is 6.92 Å². The van der Waals surface area contributed by atoms with Crippen molar-refractivity contribution in [3.05, 3.63) is 0 Å². The fraction of sp³-hybridized carbons (Fsp3) is 0.839. The number of aliphatic hydroxyl groups excluding tert-OH is 2. The van der Waals surface area contributed by atoms with Gasteiger partial charge in [-0.05, 0) is 13.3 Å². The lowest BCUT2D eigenvalue weighted by molar-refractivity contribution is -0.360. The highest BCUT2D eigenvalue weighted by Gasteiger charge is 2.55. The summed E-state index contributed by atoms with van der Waals surface area (Å²) in [7, 11) is 0. The topological polar surface area (TPSA) is 200 Å². The largest absolute Gasteiger partial charge is 0.463 e. The Morgan fingerprint density at radius 1 is 0.717 bits per heavy atom. The smallest absolute Gasteiger partial charge is 0.308 e. The molecule has 0 bridgehead atoms. The number of carbonyl (C=O) groups excluding carboxylic acids is 5. The molecule has 2 saturated heterocycles. The lowest BCUT2D eigenvalue weighted by Crippen LogP contribution is -2.66. The number of ether oxygens (including phenoxy) is 8. The molecule has 0 unspecified atom stereocenters. The molecule has 0 aromatic rings. The molecule has 2 rings (SSSR count). The highest BCUT2D eigenvalue weighted by Crippen LogP contribution is 2.34. The monoisotopic (exact) mass is 662 g/mol. The molecule has 46 heavy (non-hydrogen) atoms. The highest BCUT2D eigenvalue weighted by atomic mass is 16.8. The molecule has 2 heterocycles. The quantitative estimate of drug-likeness (QED) is 0.200. The van der Waals surface area contributed by atoms with E-state index >= 15 is 0 Å². The van der Waals surface area contributed by atoms with E-state index in [-0.39, 0.29) is 6.42 Å². The molecule has 2 aliphatic rings. The van der Waals surface area contributed by atoms with E-state index in [2.05, 4.69) is 0 Å². The first kappa shape index (κ1) is 39.3. The molecule has 15 nitrogen and oxygen atoms in total. The Balaban J connectivity index is 2.45. The van der Waals surface area contributed by atoms with Crippen LogP contribution < -0.4 is 0 Å². The Morgan fingerprint density at radius 3 is 1.80 bits per heavy atom. The Bertz CT molecular complexity index is 1040. The summed E-state index contributed by atoms with van der Waals surface area (Å²) in [6, 6.07) is 0. The fourth-order valence-electron chi connectivity index (χ4n) is 4.59. The van der Waals surface area contributed by atoms with Gasteiger partial charge < -0.3 is 48.1 Å². The molecule has 0 radical (unpaired) electrons. The van der Waals surface area contributed by atoms with E-state index in [0.29, 0.717) is 12.8 Å². The van der Waals surface area contributed by atoms with Gasteiger partial charge in [0.15, 0.2) is 37.0 Å². The third-order valence-corrected chi connectivity index (χ3v) is 7.27. The third kappa shape index (κ3) is 10.9. The molecule has 0 spiro atoms. The van der Waals surface area contributed by atoms with Gasteiger partial charge in [-0.25, -0.2) is 0 Å². The Hall–Kier alpha value is -2.85. The van der Waals surface area contributed by atoms with Crippen molar-refractivity contribution in [3.8, 4) is 0 Å². The molecule has 2 N–H and O–H groups in total. The molecule has 0 aliphatic carbocycles.